The van der Waals surface area contributed by atoms with Crippen molar-refractivity contribution in [3.8, 4) is 0 Å². The van der Waals surface area contributed by atoms with E-state index >= 15 is 0 Å². The molecule has 0 radical (unpaired) electrons. The van der Waals surface area contributed by atoms with Crippen LogP contribution in [0.1, 0.15) is 46.5 Å². The fourth-order valence-corrected chi connectivity index (χ4v) is 2.95. The van der Waals surface area contributed by atoms with Crippen LogP contribution in [0, 0.1) is 11.3 Å². The topological polar surface area (TPSA) is 29.5 Å². The minimum absolute atomic E-state index is 0.307. The Hall–Kier alpha value is -0.0800. The summed E-state index contributed by atoms with van der Waals surface area (Å²) in [6.07, 6.45) is 3.92. The summed E-state index contributed by atoms with van der Waals surface area (Å²) in [5.74, 6) is 0.425. The van der Waals surface area contributed by atoms with E-state index in [4.69, 9.17) is 4.74 Å². The lowest BCUT2D eigenvalue weighted by molar-refractivity contribution is -0.0107. The summed E-state index contributed by atoms with van der Waals surface area (Å²) < 4.78 is 5.02. The summed E-state index contributed by atoms with van der Waals surface area (Å²) in [6.45, 7) is 7.42. The summed E-state index contributed by atoms with van der Waals surface area (Å²) in [6, 6.07) is 0. The van der Waals surface area contributed by atoms with Crippen molar-refractivity contribution in [2.75, 3.05) is 13.7 Å². The predicted octanol–water partition coefficient (Wildman–Crippen LogP) is 2.60. The molecule has 0 spiro atoms. The third-order valence-electron chi connectivity index (χ3n) is 3.52. The highest BCUT2D eigenvalue weighted by Gasteiger charge is 2.46. The molecule has 0 heterocycles. The van der Waals surface area contributed by atoms with Gasteiger partial charge in [0.2, 0.25) is 0 Å². The zero-order valence-corrected chi connectivity index (χ0v) is 9.97. The minimum atomic E-state index is -0.442. The predicted molar refractivity (Wildman–Crippen MR) is 58.2 cm³/mol. The van der Waals surface area contributed by atoms with Crippen molar-refractivity contribution in [1.29, 1.82) is 0 Å². The Kier molecular flexibility index (Phi) is 3.59. The van der Waals surface area contributed by atoms with E-state index in [0.29, 0.717) is 11.3 Å². The van der Waals surface area contributed by atoms with Gasteiger partial charge >= 0.3 is 0 Å². The summed E-state index contributed by atoms with van der Waals surface area (Å²) in [5, 5.41) is 10.5. The molecule has 0 aromatic rings. The molecule has 0 aromatic heterocycles. The maximum absolute atomic E-state index is 10.5. The smallest absolute Gasteiger partial charge is 0.0679 e. The van der Waals surface area contributed by atoms with Crippen molar-refractivity contribution in [2.45, 2.75) is 52.1 Å². The lowest BCUT2D eigenvalue weighted by Gasteiger charge is -2.28. The molecule has 0 saturated heterocycles. The first kappa shape index (κ1) is 12.0. The number of hydrogen-bond acceptors (Lipinski definition) is 2. The molecule has 1 rings (SSSR count). The quantitative estimate of drug-likeness (QED) is 0.707. The first-order valence-electron chi connectivity index (χ1n) is 5.61. The molecule has 2 atom stereocenters. The van der Waals surface area contributed by atoms with Gasteiger partial charge in [0.1, 0.15) is 0 Å². The van der Waals surface area contributed by atoms with Gasteiger partial charge in [0.15, 0.2) is 0 Å². The molecule has 2 heteroatoms. The van der Waals surface area contributed by atoms with E-state index in [2.05, 4.69) is 20.8 Å². The van der Waals surface area contributed by atoms with Gasteiger partial charge in [0.25, 0.3) is 0 Å². The lowest BCUT2D eigenvalue weighted by atomic mass is 9.86. The molecule has 0 aliphatic heterocycles. The largest absolute Gasteiger partial charge is 0.390 e. The normalized spacial score (nSPS) is 36.2. The van der Waals surface area contributed by atoms with Gasteiger partial charge in [-0.1, -0.05) is 20.8 Å². The second-order valence-corrected chi connectivity index (χ2v) is 5.65. The maximum atomic E-state index is 10.5. The Balaban J connectivity index is 2.48. The summed E-state index contributed by atoms with van der Waals surface area (Å²) in [4.78, 5) is 0. The van der Waals surface area contributed by atoms with Crippen LogP contribution in [0.2, 0.25) is 0 Å². The Morgan fingerprint density at radius 3 is 2.50 bits per heavy atom. The Labute approximate surface area is 87.7 Å². The maximum Gasteiger partial charge on any atom is 0.0679 e. The highest BCUT2D eigenvalue weighted by atomic mass is 16.5. The molecule has 2 nitrogen and oxygen atoms in total. The van der Waals surface area contributed by atoms with E-state index in [0.717, 1.165) is 32.3 Å². The SMILES string of the molecule is COCCCC1(O)CC(C)(C)CC1C. The molecule has 2 unspecified atom stereocenters. The zero-order chi connectivity index (χ0) is 10.8. The lowest BCUT2D eigenvalue weighted by Crippen LogP contribution is -2.32. The van der Waals surface area contributed by atoms with E-state index in [1.807, 2.05) is 0 Å². The summed E-state index contributed by atoms with van der Waals surface area (Å²) in [5.41, 5.74) is -0.136. The van der Waals surface area contributed by atoms with Gasteiger partial charge in [-0.05, 0) is 37.0 Å². The molecule has 1 fully saturated rings. The van der Waals surface area contributed by atoms with Crippen LogP contribution in [0.15, 0.2) is 0 Å². The molecule has 1 saturated carbocycles. The van der Waals surface area contributed by atoms with Crippen LogP contribution in [0.25, 0.3) is 0 Å². The number of methoxy groups -OCH3 is 1. The van der Waals surface area contributed by atoms with Crippen molar-refractivity contribution in [1.82, 2.24) is 0 Å². The Morgan fingerprint density at radius 1 is 1.43 bits per heavy atom. The van der Waals surface area contributed by atoms with Crippen molar-refractivity contribution in [3.63, 3.8) is 0 Å². The fraction of sp³-hybridized carbons (Fsp3) is 1.00. The van der Waals surface area contributed by atoms with Crippen LogP contribution < -0.4 is 0 Å². The monoisotopic (exact) mass is 200 g/mol. The van der Waals surface area contributed by atoms with E-state index in [9.17, 15) is 5.11 Å². The highest BCUT2D eigenvalue weighted by molar-refractivity contribution is 4.98. The molecule has 84 valence electrons. The van der Waals surface area contributed by atoms with Crippen molar-refractivity contribution < 1.29 is 9.84 Å². The van der Waals surface area contributed by atoms with Crippen LogP contribution in [-0.2, 0) is 4.74 Å². The molecule has 1 N–H and O–H groups in total. The standard InChI is InChI=1S/C12H24O2/c1-10-8-11(2,3)9-12(10,13)6-5-7-14-4/h10,13H,5-9H2,1-4H3. The zero-order valence-electron chi connectivity index (χ0n) is 9.97. The molecule has 1 aliphatic rings. The van der Waals surface area contributed by atoms with Crippen molar-refractivity contribution in [2.24, 2.45) is 11.3 Å². The number of hydrogen-bond donors (Lipinski definition) is 1. The van der Waals surface area contributed by atoms with E-state index in [1.165, 1.54) is 0 Å². The van der Waals surface area contributed by atoms with Crippen LogP contribution in [0.3, 0.4) is 0 Å². The fourth-order valence-electron chi connectivity index (χ4n) is 2.95. The first-order valence-corrected chi connectivity index (χ1v) is 5.61. The van der Waals surface area contributed by atoms with Crippen molar-refractivity contribution >= 4 is 0 Å². The third-order valence-corrected chi connectivity index (χ3v) is 3.52. The number of ether oxygens (including phenoxy) is 1. The average molecular weight is 200 g/mol. The van der Waals surface area contributed by atoms with E-state index < -0.39 is 5.60 Å². The minimum Gasteiger partial charge on any atom is -0.390 e. The average Bonchev–Trinajstić information content (AvgIpc) is 2.21. The van der Waals surface area contributed by atoms with Gasteiger partial charge in [-0.2, -0.15) is 0 Å². The van der Waals surface area contributed by atoms with E-state index in [-0.39, 0.29) is 0 Å². The van der Waals surface area contributed by atoms with Gasteiger partial charge in [-0.3, -0.25) is 0 Å². The van der Waals surface area contributed by atoms with Crippen molar-refractivity contribution in [3.05, 3.63) is 0 Å². The second-order valence-electron chi connectivity index (χ2n) is 5.65. The van der Waals surface area contributed by atoms with Gasteiger partial charge in [0, 0.05) is 13.7 Å². The van der Waals surface area contributed by atoms with Gasteiger partial charge < -0.3 is 9.84 Å². The number of rotatable bonds is 4. The van der Waals surface area contributed by atoms with Crippen LogP contribution in [0.4, 0.5) is 0 Å². The van der Waals surface area contributed by atoms with Gasteiger partial charge in [0.05, 0.1) is 5.60 Å². The van der Waals surface area contributed by atoms with E-state index in [1.54, 1.807) is 7.11 Å². The molecule has 0 amide bonds. The highest BCUT2D eigenvalue weighted by Crippen LogP contribution is 2.49. The Morgan fingerprint density at radius 2 is 2.07 bits per heavy atom. The third kappa shape index (κ3) is 2.71. The molecule has 14 heavy (non-hydrogen) atoms. The molecular formula is C12H24O2. The summed E-state index contributed by atoms with van der Waals surface area (Å²) in [7, 11) is 1.71. The molecule has 0 aromatic carbocycles. The second kappa shape index (κ2) is 4.19. The van der Waals surface area contributed by atoms with Crippen LogP contribution in [-0.4, -0.2) is 24.4 Å². The number of aliphatic hydroxyl groups is 1. The molecular weight excluding hydrogens is 176 g/mol. The summed E-state index contributed by atoms with van der Waals surface area (Å²) >= 11 is 0. The van der Waals surface area contributed by atoms with Gasteiger partial charge in [-0.25, -0.2) is 0 Å². The van der Waals surface area contributed by atoms with Crippen LogP contribution >= 0.6 is 0 Å². The molecule has 0 bridgehead atoms. The Bertz CT molecular complexity index is 189. The first-order chi connectivity index (χ1) is 6.40. The van der Waals surface area contributed by atoms with Gasteiger partial charge in [-0.15, -0.1) is 0 Å². The molecule has 1 aliphatic carbocycles. The van der Waals surface area contributed by atoms with Crippen LogP contribution in [0.5, 0.6) is 0 Å².